The number of rotatable bonds is 6. The lowest BCUT2D eigenvalue weighted by atomic mass is 9.73. The van der Waals surface area contributed by atoms with Crippen molar-refractivity contribution in [2.75, 3.05) is 26.8 Å². The summed E-state index contributed by atoms with van der Waals surface area (Å²) in [5.41, 5.74) is -0.486. The summed E-state index contributed by atoms with van der Waals surface area (Å²) < 4.78 is 59.1. The molecule has 1 N–H and O–H groups in total. The van der Waals surface area contributed by atoms with Crippen molar-refractivity contribution < 1.29 is 27.4 Å². The van der Waals surface area contributed by atoms with Crippen LogP contribution in [0.1, 0.15) is 29.5 Å². The third kappa shape index (κ3) is 5.08. The zero-order valence-corrected chi connectivity index (χ0v) is 16.3. The summed E-state index contributed by atoms with van der Waals surface area (Å²) in [4.78, 5) is 2.06. The number of alkyl halides is 3. The topological polar surface area (TPSA) is 32.7 Å². The molecule has 1 aliphatic heterocycles. The largest absolute Gasteiger partial charge is 0.497 e. The minimum absolute atomic E-state index is 0.171. The highest BCUT2D eigenvalue weighted by atomic mass is 19.4. The Morgan fingerprint density at radius 2 is 1.76 bits per heavy atom. The second kappa shape index (κ2) is 8.71. The van der Waals surface area contributed by atoms with E-state index in [4.69, 9.17) is 4.74 Å². The molecule has 0 aromatic heterocycles. The van der Waals surface area contributed by atoms with E-state index in [1.807, 2.05) is 0 Å². The van der Waals surface area contributed by atoms with Crippen LogP contribution in [-0.2, 0) is 19.1 Å². The standard InChI is InChI=1S/C22H25F4NO2/c1-29-18-7-6-17(20(23)12-18)14-27-10-8-21(15-28,9-11-27)13-16-4-2-3-5-19(16)22(24,25)26/h2-7,12,28H,8-11,13-15H2,1H3. The van der Waals surface area contributed by atoms with Gasteiger partial charge in [0.25, 0.3) is 0 Å². The Morgan fingerprint density at radius 3 is 2.34 bits per heavy atom. The molecule has 0 saturated carbocycles. The Kier molecular flexibility index (Phi) is 6.49. The van der Waals surface area contributed by atoms with Crippen LogP contribution >= 0.6 is 0 Å². The Hall–Kier alpha value is -2.12. The first-order valence-corrected chi connectivity index (χ1v) is 9.57. The highest BCUT2D eigenvalue weighted by molar-refractivity contribution is 5.31. The van der Waals surface area contributed by atoms with E-state index >= 15 is 0 Å². The lowest BCUT2D eigenvalue weighted by Gasteiger charge is -2.41. The molecule has 3 nitrogen and oxygen atoms in total. The molecule has 1 fully saturated rings. The zero-order valence-electron chi connectivity index (χ0n) is 16.3. The summed E-state index contributed by atoms with van der Waals surface area (Å²) >= 11 is 0. The number of hydrogen-bond donors (Lipinski definition) is 1. The number of hydrogen-bond acceptors (Lipinski definition) is 3. The number of ether oxygens (including phenoxy) is 1. The average Bonchev–Trinajstić information content (AvgIpc) is 2.70. The first kappa shape index (κ1) is 21.6. The molecule has 1 heterocycles. The van der Waals surface area contributed by atoms with E-state index in [-0.39, 0.29) is 24.4 Å². The fourth-order valence-corrected chi connectivity index (χ4v) is 3.96. The van der Waals surface area contributed by atoms with E-state index in [0.717, 1.165) is 6.07 Å². The van der Waals surface area contributed by atoms with Crippen molar-refractivity contribution in [1.82, 2.24) is 4.90 Å². The van der Waals surface area contributed by atoms with Crippen molar-refractivity contribution in [3.05, 3.63) is 65.0 Å². The molecule has 0 spiro atoms. The zero-order chi connectivity index (χ0) is 21.1. The van der Waals surface area contributed by atoms with E-state index in [1.54, 1.807) is 18.2 Å². The highest BCUT2D eigenvalue weighted by Gasteiger charge is 2.38. The molecule has 0 aliphatic carbocycles. The van der Waals surface area contributed by atoms with Crippen molar-refractivity contribution in [2.45, 2.75) is 32.0 Å². The third-order valence-electron chi connectivity index (χ3n) is 5.79. The molecule has 1 aliphatic rings. The predicted molar refractivity (Wildman–Crippen MR) is 102 cm³/mol. The molecule has 29 heavy (non-hydrogen) atoms. The Balaban J connectivity index is 1.68. The highest BCUT2D eigenvalue weighted by Crippen LogP contribution is 2.39. The number of nitrogens with zero attached hydrogens (tertiary/aromatic N) is 1. The van der Waals surface area contributed by atoms with Crippen LogP contribution in [0.2, 0.25) is 0 Å². The van der Waals surface area contributed by atoms with Crippen molar-refractivity contribution in [3.63, 3.8) is 0 Å². The molecule has 0 unspecified atom stereocenters. The molecule has 2 aromatic carbocycles. The fraction of sp³-hybridized carbons (Fsp3) is 0.455. The van der Waals surface area contributed by atoms with Gasteiger partial charge in [-0.1, -0.05) is 24.3 Å². The maximum absolute atomic E-state index is 14.2. The Morgan fingerprint density at radius 1 is 1.07 bits per heavy atom. The lowest BCUT2D eigenvalue weighted by Crippen LogP contribution is -2.43. The average molecular weight is 411 g/mol. The van der Waals surface area contributed by atoms with Crippen molar-refractivity contribution >= 4 is 0 Å². The molecule has 0 amide bonds. The van der Waals surface area contributed by atoms with Crippen LogP contribution in [0.5, 0.6) is 5.75 Å². The van der Waals surface area contributed by atoms with Crippen LogP contribution in [0, 0.1) is 11.2 Å². The molecule has 1 saturated heterocycles. The molecule has 0 atom stereocenters. The summed E-state index contributed by atoms with van der Waals surface area (Å²) in [5.74, 6) is 0.106. The first-order chi connectivity index (χ1) is 13.8. The van der Waals surface area contributed by atoms with Crippen LogP contribution < -0.4 is 4.74 Å². The van der Waals surface area contributed by atoms with Gasteiger partial charge in [0.2, 0.25) is 0 Å². The van der Waals surface area contributed by atoms with Gasteiger partial charge in [0.1, 0.15) is 11.6 Å². The summed E-state index contributed by atoms with van der Waals surface area (Å²) in [6, 6.07) is 10.3. The molecule has 7 heteroatoms. The van der Waals surface area contributed by atoms with E-state index < -0.39 is 17.2 Å². The van der Waals surface area contributed by atoms with E-state index in [1.165, 1.54) is 25.3 Å². The molecule has 158 valence electrons. The SMILES string of the molecule is COc1ccc(CN2CCC(CO)(Cc3ccccc3C(F)(F)F)CC2)c(F)c1. The molecule has 0 bridgehead atoms. The number of aliphatic hydroxyl groups excluding tert-OH is 1. The number of methoxy groups -OCH3 is 1. The number of halogens is 4. The Labute approximate surface area is 167 Å². The minimum Gasteiger partial charge on any atom is -0.497 e. The second-order valence-electron chi connectivity index (χ2n) is 7.72. The van der Waals surface area contributed by atoms with Gasteiger partial charge in [-0.15, -0.1) is 0 Å². The number of benzene rings is 2. The molecule has 0 radical (unpaired) electrons. The number of likely N-dealkylation sites (tertiary alicyclic amines) is 1. The maximum Gasteiger partial charge on any atom is 0.416 e. The van der Waals surface area contributed by atoms with E-state index in [0.29, 0.717) is 43.8 Å². The first-order valence-electron chi connectivity index (χ1n) is 9.57. The van der Waals surface area contributed by atoms with Crippen LogP contribution in [0.25, 0.3) is 0 Å². The van der Waals surface area contributed by atoms with E-state index in [9.17, 15) is 22.7 Å². The maximum atomic E-state index is 14.2. The predicted octanol–water partition coefficient (Wildman–Crippen LogP) is 4.67. The van der Waals surface area contributed by atoms with Gasteiger partial charge < -0.3 is 9.84 Å². The normalized spacial score (nSPS) is 17.3. The monoisotopic (exact) mass is 411 g/mol. The van der Waals surface area contributed by atoms with Crippen LogP contribution in [0.15, 0.2) is 42.5 Å². The second-order valence-corrected chi connectivity index (χ2v) is 7.72. The van der Waals surface area contributed by atoms with Gasteiger partial charge in [-0.25, -0.2) is 4.39 Å². The minimum atomic E-state index is -4.42. The Bertz CT molecular complexity index is 830. The van der Waals surface area contributed by atoms with E-state index in [2.05, 4.69) is 4.90 Å². The summed E-state index contributed by atoms with van der Waals surface area (Å²) in [5, 5.41) is 10.0. The molecular weight excluding hydrogens is 386 g/mol. The van der Waals surface area contributed by atoms with Gasteiger partial charge in [0.05, 0.1) is 12.7 Å². The summed E-state index contributed by atoms with van der Waals surface area (Å²) in [6.07, 6.45) is -3.15. The fourth-order valence-electron chi connectivity index (χ4n) is 3.96. The summed E-state index contributed by atoms with van der Waals surface area (Å²) in [7, 11) is 1.48. The van der Waals surface area contributed by atoms with Gasteiger partial charge in [0, 0.05) is 24.8 Å². The van der Waals surface area contributed by atoms with Gasteiger partial charge in [-0.3, -0.25) is 4.90 Å². The van der Waals surface area contributed by atoms with Crippen molar-refractivity contribution in [3.8, 4) is 5.75 Å². The molecule has 2 aromatic rings. The number of aliphatic hydroxyl groups is 1. The van der Waals surface area contributed by atoms with Crippen LogP contribution in [-0.4, -0.2) is 36.8 Å². The van der Waals surface area contributed by atoms with Gasteiger partial charge in [-0.2, -0.15) is 13.2 Å². The lowest BCUT2D eigenvalue weighted by molar-refractivity contribution is -0.138. The summed E-state index contributed by atoms with van der Waals surface area (Å²) in [6.45, 7) is 1.40. The van der Waals surface area contributed by atoms with Crippen molar-refractivity contribution in [2.24, 2.45) is 5.41 Å². The van der Waals surface area contributed by atoms with Crippen LogP contribution in [0.3, 0.4) is 0 Å². The smallest absolute Gasteiger partial charge is 0.416 e. The molecule has 3 rings (SSSR count). The van der Waals surface area contributed by atoms with Gasteiger partial charge in [-0.05, 0) is 55.5 Å². The van der Waals surface area contributed by atoms with Crippen molar-refractivity contribution in [1.29, 1.82) is 0 Å². The molecular formula is C22H25F4NO2. The third-order valence-corrected chi connectivity index (χ3v) is 5.79. The van der Waals surface area contributed by atoms with Gasteiger partial charge in [0.15, 0.2) is 0 Å². The number of piperidine rings is 1. The quantitative estimate of drug-likeness (QED) is 0.702. The van der Waals surface area contributed by atoms with Gasteiger partial charge >= 0.3 is 6.18 Å². The van der Waals surface area contributed by atoms with Crippen LogP contribution in [0.4, 0.5) is 17.6 Å².